The lowest BCUT2D eigenvalue weighted by Crippen LogP contribution is -2.26. The Morgan fingerprint density at radius 1 is 1.41 bits per heavy atom. The van der Waals surface area contributed by atoms with Crippen LogP contribution in [0.3, 0.4) is 0 Å². The topological polar surface area (TPSA) is 35.5 Å². The molecule has 3 heteroatoms. The highest BCUT2D eigenvalue weighted by Gasteiger charge is 2.30. The Morgan fingerprint density at radius 2 is 2.12 bits per heavy atom. The van der Waals surface area contributed by atoms with E-state index in [1.165, 1.54) is 0 Å². The Kier molecular flexibility index (Phi) is 3.79. The van der Waals surface area contributed by atoms with Gasteiger partial charge in [-0.15, -0.1) is 0 Å². The molecule has 1 aliphatic rings. The summed E-state index contributed by atoms with van der Waals surface area (Å²) < 4.78 is 10.6. The van der Waals surface area contributed by atoms with Crippen LogP contribution in [0, 0.1) is 5.92 Å². The van der Waals surface area contributed by atoms with Crippen LogP contribution >= 0.6 is 0 Å². The Bertz CT molecular complexity index is 383. The van der Waals surface area contributed by atoms with Crippen LogP contribution in [-0.2, 0) is 16.0 Å². The predicted octanol–water partition coefficient (Wildman–Crippen LogP) is 2.23. The van der Waals surface area contributed by atoms with Gasteiger partial charge in [-0.25, -0.2) is 0 Å². The van der Waals surface area contributed by atoms with Gasteiger partial charge in [-0.1, -0.05) is 19.1 Å². The van der Waals surface area contributed by atoms with Crippen LogP contribution in [0.5, 0.6) is 5.75 Å². The fourth-order valence-corrected chi connectivity index (χ4v) is 2.15. The molecule has 3 nitrogen and oxygen atoms in total. The van der Waals surface area contributed by atoms with Gasteiger partial charge >= 0.3 is 0 Å². The Morgan fingerprint density at radius 3 is 2.65 bits per heavy atom. The molecule has 1 saturated heterocycles. The van der Waals surface area contributed by atoms with Crippen molar-refractivity contribution in [3.8, 4) is 5.75 Å². The highest BCUT2D eigenvalue weighted by atomic mass is 16.5. The van der Waals surface area contributed by atoms with Crippen LogP contribution in [0.1, 0.15) is 18.9 Å². The van der Waals surface area contributed by atoms with Crippen LogP contribution < -0.4 is 4.74 Å². The zero-order chi connectivity index (χ0) is 12.3. The zero-order valence-electron chi connectivity index (χ0n) is 10.3. The van der Waals surface area contributed by atoms with Crippen LogP contribution in [0.25, 0.3) is 0 Å². The smallest absolute Gasteiger partial charge is 0.166 e. The molecule has 1 fully saturated rings. The number of methoxy groups -OCH3 is 1. The summed E-state index contributed by atoms with van der Waals surface area (Å²) in [6, 6.07) is 7.61. The third-order valence-corrected chi connectivity index (χ3v) is 3.24. The lowest BCUT2D eigenvalue weighted by atomic mass is 9.96. The van der Waals surface area contributed by atoms with E-state index in [0.717, 1.165) is 17.7 Å². The quantitative estimate of drug-likeness (QED) is 0.801. The van der Waals surface area contributed by atoms with E-state index >= 15 is 0 Å². The van der Waals surface area contributed by atoms with E-state index < -0.39 is 0 Å². The number of carbonyl (C=O) groups is 1. The van der Waals surface area contributed by atoms with E-state index in [-0.39, 0.29) is 11.9 Å². The number of rotatable bonds is 4. The maximum absolute atomic E-state index is 12.0. The first kappa shape index (κ1) is 12.1. The first-order valence-corrected chi connectivity index (χ1v) is 5.98. The molecule has 1 heterocycles. The summed E-state index contributed by atoms with van der Waals surface area (Å²) in [5, 5.41) is 0. The van der Waals surface area contributed by atoms with Crippen LogP contribution in [0.15, 0.2) is 24.3 Å². The first-order chi connectivity index (χ1) is 8.20. The van der Waals surface area contributed by atoms with Crippen molar-refractivity contribution in [1.29, 1.82) is 0 Å². The molecule has 0 amide bonds. The van der Waals surface area contributed by atoms with Crippen LogP contribution in [0.2, 0.25) is 0 Å². The molecule has 0 bridgehead atoms. The number of Topliss-reactive ketones (excluding diaryl/α,β-unsaturated/α-hetero) is 1. The van der Waals surface area contributed by atoms with Crippen molar-refractivity contribution in [1.82, 2.24) is 0 Å². The maximum atomic E-state index is 12.0. The standard InChI is InChI=1S/C14H18O3/c1-10-7-8-17-14(10)13(15)9-11-3-5-12(16-2)6-4-11/h3-6,10,14H,7-9H2,1-2H3. The fourth-order valence-electron chi connectivity index (χ4n) is 2.15. The van der Waals surface area contributed by atoms with Crippen molar-refractivity contribution in [2.24, 2.45) is 5.92 Å². The molecule has 1 aliphatic heterocycles. The highest BCUT2D eigenvalue weighted by Crippen LogP contribution is 2.22. The molecule has 0 saturated carbocycles. The molecular weight excluding hydrogens is 216 g/mol. The van der Waals surface area contributed by atoms with E-state index in [1.54, 1.807) is 7.11 Å². The second kappa shape index (κ2) is 5.32. The van der Waals surface area contributed by atoms with Gasteiger partial charge < -0.3 is 9.47 Å². The molecule has 0 spiro atoms. The molecule has 1 aromatic rings. The van der Waals surface area contributed by atoms with Gasteiger partial charge in [0.1, 0.15) is 11.9 Å². The minimum atomic E-state index is -0.211. The minimum Gasteiger partial charge on any atom is -0.497 e. The normalized spacial score (nSPS) is 23.6. The van der Waals surface area contributed by atoms with E-state index in [4.69, 9.17) is 9.47 Å². The molecule has 2 unspecified atom stereocenters. The van der Waals surface area contributed by atoms with Gasteiger partial charge in [0.2, 0.25) is 0 Å². The summed E-state index contributed by atoms with van der Waals surface area (Å²) >= 11 is 0. The van der Waals surface area contributed by atoms with Gasteiger partial charge in [-0.3, -0.25) is 4.79 Å². The molecule has 1 aromatic carbocycles. The Hall–Kier alpha value is -1.35. The van der Waals surface area contributed by atoms with Gasteiger partial charge in [-0.05, 0) is 30.0 Å². The minimum absolute atomic E-state index is 0.181. The summed E-state index contributed by atoms with van der Waals surface area (Å²) in [4.78, 5) is 12.0. The summed E-state index contributed by atoms with van der Waals surface area (Å²) in [6.45, 7) is 2.78. The Balaban J connectivity index is 1.97. The summed E-state index contributed by atoms with van der Waals surface area (Å²) in [6.07, 6.45) is 1.22. The van der Waals surface area contributed by atoms with Crippen molar-refractivity contribution >= 4 is 5.78 Å². The van der Waals surface area contributed by atoms with Crippen LogP contribution in [-0.4, -0.2) is 25.6 Å². The monoisotopic (exact) mass is 234 g/mol. The summed E-state index contributed by atoms with van der Waals surface area (Å²) in [5.74, 6) is 1.34. The van der Waals surface area contributed by atoms with Gasteiger partial charge in [0.05, 0.1) is 7.11 Å². The van der Waals surface area contributed by atoms with Gasteiger partial charge in [0, 0.05) is 13.0 Å². The molecule has 0 aromatic heterocycles. The number of hydrogen-bond acceptors (Lipinski definition) is 3. The molecule has 2 atom stereocenters. The first-order valence-electron chi connectivity index (χ1n) is 5.98. The SMILES string of the molecule is COc1ccc(CC(=O)C2OCCC2C)cc1. The largest absolute Gasteiger partial charge is 0.497 e. The number of ether oxygens (including phenoxy) is 2. The fraction of sp³-hybridized carbons (Fsp3) is 0.500. The van der Waals surface area contributed by atoms with Crippen molar-refractivity contribution in [2.45, 2.75) is 25.9 Å². The van der Waals surface area contributed by atoms with Gasteiger partial charge in [0.25, 0.3) is 0 Å². The molecular formula is C14H18O3. The lowest BCUT2D eigenvalue weighted by molar-refractivity contribution is -0.128. The maximum Gasteiger partial charge on any atom is 0.166 e. The summed E-state index contributed by atoms with van der Waals surface area (Å²) in [5.41, 5.74) is 1.01. The average molecular weight is 234 g/mol. The second-order valence-electron chi connectivity index (χ2n) is 4.55. The molecule has 0 N–H and O–H groups in total. The van der Waals surface area contributed by atoms with E-state index in [9.17, 15) is 4.79 Å². The predicted molar refractivity (Wildman–Crippen MR) is 65.2 cm³/mol. The number of hydrogen-bond donors (Lipinski definition) is 0. The van der Waals surface area contributed by atoms with Crippen molar-refractivity contribution in [3.63, 3.8) is 0 Å². The van der Waals surface area contributed by atoms with E-state index in [2.05, 4.69) is 6.92 Å². The summed E-state index contributed by atoms with van der Waals surface area (Å²) in [7, 11) is 1.63. The third-order valence-electron chi connectivity index (χ3n) is 3.24. The average Bonchev–Trinajstić information content (AvgIpc) is 2.76. The lowest BCUT2D eigenvalue weighted by Gasteiger charge is -2.13. The highest BCUT2D eigenvalue weighted by molar-refractivity contribution is 5.85. The molecule has 92 valence electrons. The molecule has 0 aliphatic carbocycles. The zero-order valence-corrected chi connectivity index (χ0v) is 10.3. The van der Waals surface area contributed by atoms with Gasteiger partial charge in [0.15, 0.2) is 5.78 Å². The molecule has 17 heavy (non-hydrogen) atoms. The molecule has 0 radical (unpaired) electrons. The Labute approximate surface area is 102 Å². The number of ketones is 1. The van der Waals surface area contributed by atoms with Crippen molar-refractivity contribution < 1.29 is 14.3 Å². The van der Waals surface area contributed by atoms with Crippen molar-refractivity contribution in [2.75, 3.05) is 13.7 Å². The second-order valence-corrected chi connectivity index (χ2v) is 4.55. The molecule has 2 rings (SSSR count). The van der Waals surface area contributed by atoms with Crippen molar-refractivity contribution in [3.05, 3.63) is 29.8 Å². The van der Waals surface area contributed by atoms with E-state index in [0.29, 0.717) is 18.9 Å². The number of carbonyl (C=O) groups excluding carboxylic acids is 1. The van der Waals surface area contributed by atoms with Crippen LogP contribution in [0.4, 0.5) is 0 Å². The van der Waals surface area contributed by atoms with Gasteiger partial charge in [-0.2, -0.15) is 0 Å². The third kappa shape index (κ3) is 2.86. The van der Waals surface area contributed by atoms with E-state index in [1.807, 2.05) is 24.3 Å². The number of benzene rings is 1.